The summed E-state index contributed by atoms with van der Waals surface area (Å²) in [5.74, 6) is -1.60. The number of halogens is 1. The third-order valence-electron chi connectivity index (χ3n) is 7.65. The Bertz CT molecular complexity index is 1310. The molecule has 184 valence electrons. The zero-order valence-electron chi connectivity index (χ0n) is 19.4. The number of imide groups is 1. The van der Waals surface area contributed by atoms with Gasteiger partial charge in [0.25, 0.3) is 0 Å². The minimum absolute atomic E-state index is 0.0174. The van der Waals surface area contributed by atoms with Gasteiger partial charge in [0, 0.05) is 24.1 Å². The van der Waals surface area contributed by atoms with E-state index in [4.69, 9.17) is 21.1 Å². The molecular weight excluding hydrogens is 484 g/mol. The summed E-state index contributed by atoms with van der Waals surface area (Å²) in [6.45, 7) is 0.121. The van der Waals surface area contributed by atoms with Crippen molar-refractivity contribution in [3.8, 4) is 11.5 Å². The number of ether oxygens (including phenoxy) is 2. The molecule has 3 fully saturated rings. The molecule has 0 radical (unpaired) electrons. The van der Waals surface area contributed by atoms with Crippen LogP contribution in [0.4, 0.5) is 11.4 Å². The molecule has 9 heteroatoms. The molecule has 8 nitrogen and oxygen atoms in total. The van der Waals surface area contributed by atoms with E-state index in [-0.39, 0.29) is 60.1 Å². The van der Waals surface area contributed by atoms with Crippen LogP contribution >= 0.6 is 11.6 Å². The zero-order valence-corrected chi connectivity index (χ0v) is 20.2. The third-order valence-corrected chi connectivity index (χ3v) is 7.89. The van der Waals surface area contributed by atoms with Crippen LogP contribution in [0.1, 0.15) is 12.8 Å². The molecule has 0 aromatic heterocycles. The van der Waals surface area contributed by atoms with E-state index in [0.29, 0.717) is 22.1 Å². The molecule has 2 bridgehead atoms. The summed E-state index contributed by atoms with van der Waals surface area (Å²) in [7, 11) is 1.50. The van der Waals surface area contributed by atoms with Crippen molar-refractivity contribution in [3.05, 3.63) is 59.6 Å². The number of rotatable bonds is 5. The van der Waals surface area contributed by atoms with Gasteiger partial charge in [0.15, 0.2) is 0 Å². The van der Waals surface area contributed by atoms with Crippen LogP contribution in [0.3, 0.4) is 0 Å². The first-order valence-corrected chi connectivity index (χ1v) is 12.3. The lowest BCUT2D eigenvalue weighted by molar-refractivity contribution is -0.139. The fourth-order valence-corrected chi connectivity index (χ4v) is 6.18. The smallest absolute Gasteiger partial charge is 0.316 e. The maximum atomic E-state index is 13.1. The molecule has 5 atom stereocenters. The van der Waals surface area contributed by atoms with Crippen LogP contribution in [-0.4, -0.2) is 37.3 Å². The SMILES string of the molecule is COc1ccc(Cl)cc1N1C[C@@H](C(=O)Oc2cccc(N3C(=O)[C@@H]4[C@H](C3=O)[C@H]3C=C[C@H]4C3)c2)CC1=O. The Hall–Kier alpha value is -3.65. The normalized spacial score (nSPS) is 28.3. The van der Waals surface area contributed by atoms with E-state index in [1.807, 2.05) is 12.2 Å². The summed E-state index contributed by atoms with van der Waals surface area (Å²) in [5, 5.41) is 0.445. The maximum absolute atomic E-state index is 13.1. The molecule has 1 saturated carbocycles. The average molecular weight is 507 g/mol. The van der Waals surface area contributed by atoms with E-state index in [1.165, 1.54) is 23.0 Å². The van der Waals surface area contributed by atoms with Crippen LogP contribution in [0.15, 0.2) is 54.6 Å². The number of amides is 3. The fourth-order valence-electron chi connectivity index (χ4n) is 6.01. The molecule has 3 amide bonds. The highest BCUT2D eigenvalue weighted by molar-refractivity contribution is 6.31. The van der Waals surface area contributed by atoms with E-state index >= 15 is 0 Å². The average Bonchev–Trinajstić information content (AvgIpc) is 3.62. The number of carbonyl (C=O) groups is 4. The van der Waals surface area contributed by atoms with E-state index in [9.17, 15) is 19.2 Å². The largest absolute Gasteiger partial charge is 0.495 e. The van der Waals surface area contributed by atoms with Gasteiger partial charge in [-0.05, 0) is 48.6 Å². The monoisotopic (exact) mass is 506 g/mol. The lowest BCUT2D eigenvalue weighted by atomic mass is 9.85. The molecule has 2 aromatic rings. The van der Waals surface area contributed by atoms with Crippen molar-refractivity contribution in [2.75, 3.05) is 23.5 Å². The van der Waals surface area contributed by atoms with Crippen molar-refractivity contribution >= 4 is 46.7 Å². The van der Waals surface area contributed by atoms with Gasteiger partial charge >= 0.3 is 5.97 Å². The molecule has 0 N–H and O–H groups in total. The number of carbonyl (C=O) groups excluding carboxylic acids is 4. The van der Waals surface area contributed by atoms with Crippen molar-refractivity contribution in [2.24, 2.45) is 29.6 Å². The van der Waals surface area contributed by atoms with Gasteiger partial charge in [-0.25, -0.2) is 4.90 Å². The topological polar surface area (TPSA) is 93.2 Å². The summed E-state index contributed by atoms with van der Waals surface area (Å²) in [5.41, 5.74) is 0.879. The standard InChI is InChI=1S/C27H23ClN2O6/c1-35-21-8-7-17(28)11-20(21)29-13-16(10-22(29)31)27(34)36-19-4-2-3-18(12-19)30-25(32)23-14-5-6-15(9-14)24(23)26(30)33/h2-8,11-12,14-16,23-24H,9-10,13H2,1H3/t14-,15-,16-,23-,24+/m0/s1. The Morgan fingerprint density at radius 2 is 1.72 bits per heavy atom. The summed E-state index contributed by atoms with van der Waals surface area (Å²) in [4.78, 5) is 54.6. The number of allylic oxidation sites excluding steroid dienone is 2. The lowest BCUT2D eigenvalue weighted by Gasteiger charge is -2.20. The predicted octanol–water partition coefficient (Wildman–Crippen LogP) is 3.62. The van der Waals surface area contributed by atoms with Gasteiger partial charge in [-0.3, -0.25) is 19.2 Å². The number of anilines is 2. The molecule has 2 saturated heterocycles. The van der Waals surface area contributed by atoms with Crippen LogP contribution in [-0.2, 0) is 19.2 Å². The van der Waals surface area contributed by atoms with Gasteiger partial charge < -0.3 is 14.4 Å². The number of fused-ring (bicyclic) bond motifs is 5. The molecule has 2 heterocycles. The van der Waals surface area contributed by atoms with E-state index in [1.54, 1.807) is 36.4 Å². The van der Waals surface area contributed by atoms with Gasteiger partial charge in [0.2, 0.25) is 17.7 Å². The zero-order chi connectivity index (χ0) is 25.1. The molecule has 2 aliphatic heterocycles. The molecule has 4 aliphatic rings. The van der Waals surface area contributed by atoms with Gasteiger partial charge in [0.1, 0.15) is 11.5 Å². The predicted molar refractivity (Wildman–Crippen MR) is 131 cm³/mol. The molecule has 6 rings (SSSR count). The fraction of sp³-hybridized carbons (Fsp3) is 0.333. The molecule has 36 heavy (non-hydrogen) atoms. The van der Waals surface area contributed by atoms with E-state index in [2.05, 4.69) is 0 Å². The number of hydrogen-bond donors (Lipinski definition) is 0. The molecule has 0 spiro atoms. The van der Waals surface area contributed by atoms with Crippen molar-refractivity contribution < 1.29 is 28.7 Å². The van der Waals surface area contributed by atoms with E-state index < -0.39 is 11.9 Å². The van der Waals surface area contributed by atoms with Crippen LogP contribution < -0.4 is 19.3 Å². The number of nitrogens with zero attached hydrogens (tertiary/aromatic N) is 2. The van der Waals surface area contributed by atoms with Gasteiger partial charge in [0.05, 0.1) is 36.2 Å². The van der Waals surface area contributed by atoms with Gasteiger partial charge in [-0.1, -0.05) is 29.8 Å². The third kappa shape index (κ3) is 3.51. The molecule has 2 aliphatic carbocycles. The second kappa shape index (κ2) is 8.48. The van der Waals surface area contributed by atoms with Crippen LogP contribution in [0.5, 0.6) is 11.5 Å². The highest BCUT2D eigenvalue weighted by Crippen LogP contribution is 2.53. The Morgan fingerprint density at radius 1 is 1.00 bits per heavy atom. The second-order valence-electron chi connectivity index (χ2n) is 9.65. The van der Waals surface area contributed by atoms with E-state index in [0.717, 1.165) is 6.42 Å². The number of benzene rings is 2. The van der Waals surface area contributed by atoms with Crippen LogP contribution in [0, 0.1) is 29.6 Å². The highest BCUT2D eigenvalue weighted by Gasteiger charge is 2.59. The van der Waals surface area contributed by atoms with Crippen LogP contribution in [0.2, 0.25) is 5.02 Å². The highest BCUT2D eigenvalue weighted by atomic mass is 35.5. The lowest BCUT2D eigenvalue weighted by Crippen LogP contribution is -2.32. The molecular formula is C27H23ClN2O6. The van der Waals surface area contributed by atoms with Crippen LogP contribution in [0.25, 0.3) is 0 Å². The summed E-state index contributed by atoms with van der Waals surface area (Å²) in [6.07, 6.45) is 4.93. The quantitative estimate of drug-likeness (QED) is 0.266. The van der Waals surface area contributed by atoms with Gasteiger partial charge in [-0.15, -0.1) is 0 Å². The van der Waals surface area contributed by atoms with Crippen molar-refractivity contribution in [1.29, 1.82) is 0 Å². The van der Waals surface area contributed by atoms with Gasteiger partial charge in [-0.2, -0.15) is 0 Å². The Labute approximate surface area is 212 Å². The number of methoxy groups -OCH3 is 1. The first-order valence-electron chi connectivity index (χ1n) is 11.9. The minimum Gasteiger partial charge on any atom is -0.495 e. The van der Waals surface area contributed by atoms with Crippen molar-refractivity contribution in [2.45, 2.75) is 12.8 Å². The first kappa shape index (κ1) is 22.8. The molecule has 0 unspecified atom stereocenters. The first-order chi connectivity index (χ1) is 17.4. The van der Waals surface area contributed by atoms with Crippen molar-refractivity contribution in [1.82, 2.24) is 0 Å². The minimum atomic E-state index is -0.694. The number of hydrogen-bond acceptors (Lipinski definition) is 6. The maximum Gasteiger partial charge on any atom is 0.316 e. The molecule has 2 aromatic carbocycles. The summed E-state index contributed by atoms with van der Waals surface area (Å²) < 4.78 is 10.9. The Kier molecular flexibility index (Phi) is 5.37. The number of esters is 1. The summed E-state index contributed by atoms with van der Waals surface area (Å²) >= 11 is 6.11. The summed E-state index contributed by atoms with van der Waals surface area (Å²) in [6, 6.07) is 11.4. The Balaban J connectivity index is 1.18. The van der Waals surface area contributed by atoms with Crippen molar-refractivity contribution in [3.63, 3.8) is 0 Å². The second-order valence-corrected chi connectivity index (χ2v) is 10.1. The Morgan fingerprint density at radius 3 is 2.42 bits per heavy atom.